The third-order valence-corrected chi connectivity index (χ3v) is 3.16. The van der Waals surface area contributed by atoms with E-state index in [1.807, 2.05) is 31.2 Å². The standard InChI is InChI=1S/C12H13ClO/c1-12(5-6-12)11(14)8-9-3-2-4-10(13)7-9/h2-4,7H,5-6,8H2,1H3. The van der Waals surface area contributed by atoms with Gasteiger partial charge in [0.15, 0.2) is 0 Å². The number of carbonyl (C=O) groups is 1. The van der Waals surface area contributed by atoms with Crippen LogP contribution in [0.5, 0.6) is 0 Å². The normalized spacial score (nSPS) is 17.9. The lowest BCUT2D eigenvalue weighted by molar-refractivity contribution is -0.122. The predicted molar refractivity (Wildman–Crippen MR) is 57.5 cm³/mol. The summed E-state index contributed by atoms with van der Waals surface area (Å²) < 4.78 is 0. The summed E-state index contributed by atoms with van der Waals surface area (Å²) in [5.74, 6) is 0.347. The topological polar surface area (TPSA) is 17.1 Å². The van der Waals surface area contributed by atoms with Gasteiger partial charge in [0.2, 0.25) is 0 Å². The molecule has 0 radical (unpaired) electrons. The van der Waals surface area contributed by atoms with Gasteiger partial charge in [-0.1, -0.05) is 30.7 Å². The maximum Gasteiger partial charge on any atom is 0.143 e. The molecule has 1 aliphatic carbocycles. The second-order valence-corrected chi connectivity index (χ2v) is 4.73. The molecule has 0 aromatic heterocycles. The lowest BCUT2D eigenvalue weighted by Crippen LogP contribution is -2.14. The van der Waals surface area contributed by atoms with Crippen molar-refractivity contribution >= 4 is 17.4 Å². The van der Waals surface area contributed by atoms with Gasteiger partial charge in [0.25, 0.3) is 0 Å². The van der Waals surface area contributed by atoms with Crippen molar-refractivity contribution in [3.8, 4) is 0 Å². The van der Waals surface area contributed by atoms with Crippen molar-refractivity contribution < 1.29 is 4.79 Å². The van der Waals surface area contributed by atoms with E-state index in [0.717, 1.165) is 18.4 Å². The zero-order valence-corrected chi connectivity index (χ0v) is 8.97. The van der Waals surface area contributed by atoms with Gasteiger partial charge in [0.1, 0.15) is 5.78 Å². The van der Waals surface area contributed by atoms with Crippen molar-refractivity contribution in [2.75, 3.05) is 0 Å². The average molecular weight is 209 g/mol. The highest BCUT2D eigenvalue weighted by Gasteiger charge is 2.43. The van der Waals surface area contributed by atoms with Crippen LogP contribution in [0, 0.1) is 5.41 Å². The molecule has 2 rings (SSSR count). The SMILES string of the molecule is CC1(C(=O)Cc2cccc(Cl)c2)CC1. The number of benzene rings is 1. The van der Waals surface area contributed by atoms with Gasteiger partial charge in [-0.25, -0.2) is 0 Å². The van der Waals surface area contributed by atoms with E-state index in [1.165, 1.54) is 0 Å². The van der Waals surface area contributed by atoms with E-state index in [1.54, 1.807) is 0 Å². The Bertz CT molecular complexity index is 366. The molecule has 1 aromatic carbocycles. The fraction of sp³-hybridized carbons (Fsp3) is 0.417. The van der Waals surface area contributed by atoms with Crippen LogP contribution in [0.25, 0.3) is 0 Å². The van der Waals surface area contributed by atoms with Gasteiger partial charge in [-0.2, -0.15) is 0 Å². The van der Waals surface area contributed by atoms with Gasteiger partial charge in [-0.15, -0.1) is 0 Å². The maximum absolute atomic E-state index is 11.8. The molecule has 1 aliphatic rings. The number of rotatable bonds is 3. The Morgan fingerprint density at radius 1 is 1.50 bits per heavy atom. The molecular weight excluding hydrogens is 196 g/mol. The van der Waals surface area contributed by atoms with Gasteiger partial charge < -0.3 is 0 Å². The van der Waals surface area contributed by atoms with E-state index in [9.17, 15) is 4.79 Å². The van der Waals surface area contributed by atoms with Crippen LogP contribution in [0.1, 0.15) is 25.3 Å². The number of hydrogen-bond donors (Lipinski definition) is 0. The van der Waals surface area contributed by atoms with Crippen LogP contribution in [-0.4, -0.2) is 5.78 Å². The van der Waals surface area contributed by atoms with E-state index in [2.05, 4.69) is 0 Å². The molecule has 1 saturated carbocycles. The third-order valence-electron chi connectivity index (χ3n) is 2.93. The number of ketones is 1. The van der Waals surface area contributed by atoms with Crippen molar-refractivity contribution in [3.05, 3.63) is 34.9 Å². The molecule has 74 valence electrons. The van der Waals surface area contributed by atoms with E-state index < -0.39 is 0 Å². The largest absolute Gasteiger partial charge is 0.299 e. The molecule has 0 heterocycles. The van der Waals surface area contributed by atoms with Crippen molar-refractivity contribution in [1.29, 1.82) is 0 Å². The Labute approximate surface area is 89.1 Å². The van der Waals surface area contributed by atoms with E-state index >= 15 is 0 Å². The smallest absolute Gasteiger partial charge is 0.143 e. The fourth-order valence-corrected chi connectivity index (χ4v) is 1.72. The first-order valence-electron chi connectivity index (χ1n) is 4.88. The predicted octanol–water partition coefficient (Wildman–Crippen LogP) is 3.25. The molecule has 1 nitrogen and oxygen atoms in total. The Balaban J connectivity index is 2.07. The zero-order valence-electron chi connectivity index (χ0n) is 8.22. The maximum atomic E-state index is 11.8. The molecule has 1 fully saturated rings. The van der Waals surface area contributed by atoms with Gasteiger partial charge in [-0.05, 0) is 30.5 Å². The second-order valence-electron chi connectivity index (χ2n) is 4.29. The molecule has 1 aromatic rings. The van der Waals surface area contributed by atoms with Gasteiger partial charge in [-0.3, -0.25) is 4.79 Å². The highest BCUT2D eigenvalue weighted by atomic mass is 35.5. The van der Waals surface area contributed by atoms with E-state index in [-0.39, 0.29) is 5.41 Å². The number of carbonyl (C=O) groups excluding carboxylic acids is 1. The third kappa shape index (κ3) is 1.98. The summed E-state index contributed by atoms with van der Waals surface area (Å²) in [5, 5.41) is 0.705. The monoisotopic (exact) mass is 208 g/mol. The minimum atomic E-state index is -0.0255. The average Bonchev–Trinajstić information content (AvgIpc) is 2.85. The fourth-order valence-electron chi connectivity index (χ4n) is 1.51. The summed E-state index contributed by atoms with van der Waals surface area (Å²) in [6, 6.07) is 7.54. The van der Waals surface area contributed by atoms with Crippen LogP contribution < -0.4 is 0 Å². The van der Waals surface area contributed by atoms with E-state index in [4.69, 9.17) is 11.6 Å². The lowest BCUT2D eigenvalue weighted by Gasteiger charge is -2.06. The van der Waals surface area contributed by atoms with Crippen LogP contribution in [0.15, 0.2) is 24.3 Å². The van der Waals surface area contributed by atoms with Crippen LogP contribution in [0.2, 0.25) is 5.02 Å². The highest BCUT2D eigenvalue weighted by Crippen LogP contribution is 2.46. The van der Waals surface area contributed by atoms with Crippen LogP contribution in [0.4, 0.5) is 0 Å². The molecule has 0 saturated heterocycles. The van der Waals surface area contributed by atoms with Gasteiger partial charge in [0.05, 0.1) is 0 Å². The summed E-state index contributed by atoms with van der Waals surface area (Å²) >= 11 is 5.85. The van der Waals surface area contributed by atoms with Crippen LogP contribution in [-0.2, 0) is 11.2 Å². The van der Waals surface area contributed by atoms with Crippen LogP contribution >= 0.6 is 11.6 Å². The quantitative estimate of drug-likeness (QED) is 0.745. The molecule has 0 amide bonds. The van der Waals surface area contributed by atoms with Crippen molar-refractivity contribution in [1.82, 2.24) is 0 Å². The molecule has 0 bridgehead atoms. The summed E-state index contributed by atoms with van der Waals surface area (Å²) in [4.78, 5) is 11.8. The first kappa shape index (κ1) is 9.72. The molecule has 0 unspecified atom stereocenters. The Morgan fingerprint density at radius 2 is 2.21 bits per heavy atom. The number of hydrogen-bond acceptors (Lipinski definition) is 1. The van der Waals surface area contributed by atoms with Crippen molar-refractivity contribution in [2.45, 2.75) is 26.2 Å². The Morgan fingerprint density at radius 3 is 2.79 bits per heavy atom. The molecular formula is C12H13ClO. The minimum Gasteiger partial charge on any atom is -0.299 e. The minimum absolute atomic E-state index is 0.0255. The molecule has 14 heavy (non-hydrogen) atoms. The van der Waals surface area contributed by atoms with Crippen LogP contribution in [0.3, 0.4) is 0 Å². The van der Waals surface area contributed by atoms with Gasteiger partial charge in [0, 0.05) is 16.9 Å². The van der Waals surface area contributed by atoms with Crippen molar-refractivity contribution in [2.24, 2.45) is 5.41 Å². The highest BCUT2D eigenvalue weighted by molar-refractivity contribution is 6.30. The molecule has 0 spiro atoms. The summed E-state index contributed by atoms with van der Waals surface area (Å²) in [6.45, 7) is 2.04. The zero-order chi connectivity index (χ0) is 10.2. The molecule has 0 aliphatic heterocycles. The summed E-state index contributed by atoms with van der Waals surface area (Å²) in [5.41, 5.74) is 0.998. The first-order valence-corrected chi connectivity index (χ1v) is 5.26. The Hall–Kier alpha value is -0.820. The molecule has 0 atom stereocenters. The summed E-state index contributed by atoms with van der Waals surface area (Å²) in [7, 11) is 0. The lowest BCUT2D eigenvalue weighted by atomic mass is 9.97. The number of Topliss-reactive ketones (excluding diaryl/α,β-unsaturated/α-hetero) is 1. The van der Waals surface area contributed by atoms with E-state index in [0.29, 0.717) is 17.2 Å². The van der Waals surface area contributed by atoms with Crippen molar-refractivity contribution in [3.63, 3.8) is 0 Å². The first-order chi connectivity index (χ1) is 6.60. The van der Waals surface area contributed by atoms with Gasteiger partial charge >= 0.3 is 0 Å². The number of halogens is 1. The summed E-state index contributed by atoms with van der Waals surface area (Å²) in [6.07, 6.45) is 2.62. The molecule has 2 heteroatoms. The molecule has 0 N–H and O–H groups in total. The second kappa shape index (κ2) is 3.39. The Kier molecular flexibility index (Phi) is 2.36.